The standard InChI is InChI=1S/C15H10N4O2S/c1-9-18-14(19-21-9)10-2-4-11(5-3-10)20-15-13-12(6-7-22-13)16-8-17-15/h2-8H,1H3. The van der Waals surface area contributed by atoms with Crippen LogP contribution in [0.25, 0.3) is 21.6 Å². The van der Waals surface area contributed by atoms with Crippen LogP contribution in [0, 0.1) is 6.92 Å². The first-order valence-electron chi connectivity index (χ1n) is 6.56. The van der Waals surface area contributed by atoms with Crippen molar-refractivity contribution < 1.29 is 9.26 Å². The van der Waals surface area contributed by atoms with E-state index in [0.717, 1.165) is 15.8 Å². The Kier molecular flexibility index (Phi) is 3.05. The first-order valence-corrected chi connectivity index (χ1v) is 7.44. The number of fused-ring (bicyclic) bond motifs is 1. The van der Waals surface area contributed by atoms with E-state index >= 15 is 0 Å². The molecule has 6 nitrogen and oxygen atoms in total. The van der Waals surface area contributed by atoms with E-state index in [9.17, 15) is 0 Å². The lowest BCUT2D eigenvalue weighted by Crippen LogP contribution is -1.89. The molecule has 0 fully saturated rings. The Morgan fingerprint density at radius 3 is 2.73 bits per heavy atom. The zero-order chi connectivity index (χ0) is 14.9. The molecule has 0 aliphatic rings. The molecule has 0 saturated heterocycles. The highest BCUT2D eigenvalue weighted by Crippen LogP contribution is 2.31. The van der Waals surface area contributed by atoms with Crippen LogP contribution in [0.4, 0.5) is 0 Å². The molecule has 7 heteroatoms. The molecule has 4 aromatic rings. The van der Waals surface area contributed by atoms with Crippen LogP contribution in [-0.4, -0.2) is 20.1 Å². The molecule has 22 heavy (non-hydrogen) atoms. The molecule has 1 aromatic carbocycles. The molecule has 0 aliphatic heterocycles. The number of rotatable bonds is 3. The topological polar surface area (TPSA) is 73.9 Å². The van der Waals surface area contributed by atoms with E-state index in [1.807, 2.05) is 35.7 Å². The van der Waals surface area contributed by atoms with Gasteiger partial charge in [0.25, 0.3) is 0 Å². The van der Waals surface area contributed by atoms with Gasteiger partial charge in [-0.25, -0.2) is 9.97 Å². The maximum Gasteiger partial charge on any atom is 0.240 e. The Bertz CT molecular complexity index is 930. The average molecular weight is 310 g/mol. The van der Waals surface area contributed by atoms with Crippen molar-refractivity contribution in [2.75, 3.05) is 0 Å². The number of hydrogen-bond acceptors (Lipinski definition) is 7. The number of hydrogen-bond donors (Lipinski definition) is 0. The molecule has 3 heterocycles. The van der Waals surface area contributed by atoms with Gasteiger partial charge in [-0.2, -0.15) is 4.98 Å². The smallest absolute Gasteiger partial charge is 0.240 e. The Hall–Kier alpha value is -2.80. The van der Waals surface area contributed by atoms with Gasteiger partial charge in [-0.05, 0) is 35.7 Å². The summed E-state index contributed by atoms with van der Waals surface area (Å²) >= 11 is 1.55. The first kappa shape index (κ1) is 12.9. The summed E-state index contributed by atoms with van der Waals surface area (Å²) in [5.74, 6) is 2.35. The summed E-state index contributed by atoms with van der Waals surface area (Å²) in [6.45, 7) is 1.76. The van der Waals surface area contributed by atoms with Crippen LogP contribution in [0.1, 0.15) is 5.89 Å². The molecule has 0 spiro atoms. The number of ether oxygens (including phenoxy) is 1. The number of thiophene rings is 1. The lowest BCUT2D eigenvalue weighted by molar-refractivity contribution is 0.394. The molecule has 0 bridgehead atoms. The Morgan fingerprint density at radius 2 is 1.95 bits per heavy atom. The van der Waals surface area contributed by atoms with Crippen LogP contribution in [-0.2, 0) is 0 Å². The lowest BCUT2D eigenvalue weighted by Gasteiger charge is -2.05. The fourth-order valence-corrected chi connectivity index (χ4v) is 2.81. The second-order valence-corrected chi connectivity index (χ2v) is 5.49. The average Bonchev–Trinajstić information content (AvgIpc) is 3.17. The van der Waals surface area contributed by atoms with Gasteiger partial charge >= 0.3 is 0 Å². The van der Waals surface area contributed by atoms with Crippen molar-refractivity contribution in [3.05, 3.63) is 47.9 Å². The SMILES string of the molecule is Cc1nc(-c2ccc(Oc3ncnc4ccsc34)cc2)no1. The third-order valence-corrected chi connectivity index (χ3v) is 3.96. The van der Waals surface area contributed by atoms with Gasteiger partial charge in [-0.3, -0.25) is 0 Å². The molecular formula is C15H10N4O2S. The van der Waals surface area contributed by atoms with E-state index in [2.05, 4.69) is 20.1 Å². The van der Waals surface area contributed by atoms with E-state index in [0.29, 0.717) is 23.3 Å². The van der Waals surface area contributed by atoms with Crippen LogP contribution < -0.4 is 4.74 Å². The molecule has 0 aliphatic carbocycles. The minimum atomic E-state index is 0.538. The highest BCUT2D eigenvalue weighted by molar-refractivity contribution is 7.17. The summed E-state index contributed by atoms with van der Waals surface area (Å²) < 4.78 is 11.7. The van der Waals surface area contributed by atoms with Crippen molar-refractivity contribution in [2.45, 2.75) is 6.92 Å². The number of aromatic nitrogens is 4. The van der Waals surface area contributed by atoms with Crippen LogP contribution in [0.5, 0.6) is 11.6 Å². The molecule has 0 amide bonds. The largest absolute Gasteiger partial charge is 0.437 e. The molecule has 108 valence electrons. The second kappa shape index (κ2) is 5.19. The summed E-state index contributed by atoms with van der Waals surface area (Å²) in [7, 11) is 0. The second-order valence-electron chi connectivity index (χ2n) is 4.58. The molecule has 0 radical (unpaired) electrons. The van der Waals surface area contributed by atoms with E-state index in [1.54, 1.807) is 18.3 Å². The van der Waals surface area contributed by atoms with Crippen molar-refractivity contribution in [3.8, 4) is 23.0 Å². The first-order chi connectivity index (χ1) is 10.8. The van der Waals surface area contributed by atoms with Crippen molar-refractivity contribution in [3.63, 3.8) is 0 Å². The van der Waals surface area contributed by atoms with Gasteiger partial charge in [0.05, 0.1) is 5.52 Å². The fraction of sp³-hybridized carbons (Fsp3) is 0.0667. The summed E-state index contributed by atoms with van der Waals surface area (Å²) in [5, 5.41) is 5.85. The van der Waals surface area contributed by atoms with Gasteiger partial charge in [0.15, 0.2) is 0 Å². The highest BCUT2D eigenvalue weighted by Gasteiger charge is 2.09. The van der Waals surface area contributed by atoms with Crippen LogP contribution >= 0.6 is 11.3 Å². The molecule has 0 unspecified atom stereocenters. The molecule has 4 rings (SSSR count). The van der Waals surface area contributed by atoms with E-state index < -0.39 is 0 Å². The maximum atomic E-state index is 5.84. The van der Waals surface area contributed by atoms with Crippen LogP contribution in [0.15, 0.2) is 46.6 Å². The van der Waals surface area contributed by atoms with Crippen LogP contribution in [0.2, 0.25) is 0 Å². The van der Waals surface area contributed by atoms with Crippen molar-refractivity contribution in [1.29, 1.82) is 0 Å². The quantitative estimate of drug-likeness (QED) is 0.572. The van der Waals surface area contributed by atoms with Gasteiger partial charge in [0.1, 0.15) is 16.8 Å². The van der Waals surface area contributed by atoms with Gasteiger partial charge in [-0.15, -0.1) is 11.3 Å². The minimum Gasteiger partial charge on any atom is -0.437 e. The Labute approximate surface area is 129 Å². The highest BCUT2D eigenvalue weighted by atomic mass is 32.1. The van der Waals surface area contributed by atoms with E-state index in [1.165, 1.54) is 6.33 Å². The molecule has 3 aromatic heterocycles. The predicted molar refractivity (Wildman–Crippen MR) is 82.0 cm³/mol. The number of nitrogens with zero attached hydrogens (tertiary/aromatic N) is 4. The monoisotopic (exact) mass is 310 g/mol. The van der Waals surface area contributed by atoms with Crippen LogP contribution in [0.3, 0.4) is 0 Å². The summed E-state index contributed by atoms with van der Waals surface area (Å²) in [4.78, 5) is 12.6. The summed E-state index contributed by atoms with van der Waals surface area (Å²) in [5.41, 5.74) is 1.75. The molecule has 0 saturated carbocycles. The van der Waals surface area contributed by atoms with E-state index in [-0.39, 0.29) is 0 Å². The normalized spacial score (nSPS) is 11.0. The minimum absolute atomic E-state index is 0.538. The van der Waals surface area contributed by atoms with Gasteiger partial charge < -0.3 is 9.26 Å². The molecular weight excluding hydrogens is 300 g/mol. The summed E-state index contributed by atoms with van der Waals surface area (Å²) in [6.07, 6.45) is 1.50. The molecule has 0 atom stereocenters. The fourth-order valence-electron chi connectivity index (χ4n) is 2.04. The maximum absolute atomic E-state index is 5.84. The summed E-state index contributed by atoms with van der Waals surface area (Å²) in [6, 6.07) is 9.40. The van der Waals surface area contributed by atoms with E-state index in [4.69, 9.17) is 9.26 Å². The zero-order valence-electron chi connectivity index (χ0n) is 11.6. The van der Waals surface area contributed by atoms with Crippen molar-refractivity contribution in [2.24, 2.45) is 0 Å². The predicted octanol–water partition coefficient (Wildman–Crippen LogP) is 3.84. The van der Waals surface area contributed by atoms with Gasteiger partial charge in [0, 0.05) is 12.5 Å². The third-order valence-electron chi connectivity index (χ3n) is 3.07. The Balaban J connectivity index is 1.62. The zero-order valence-corrected chi connectivity index (χ0v) is 12.4. The number of benzene rings is 1. The van der Waals surface area contributed by atoms with Gasteiger partial charge in [-0.1, -0.05) is 5.16 Å². The lowest BCUT2D eigenvalue weighted by atomic mass is 10.2. The van der Waals surface area contributed by atoms with Crippen molar-refractivity contribution in [1.82, 2.24) is 20.1 Å². The third kappa shape index (κ3) is 2.31. The number of aryl methyl sites for hydroxylation is 1. The molecule has 0 N–H and O–H groups in total. The Morgan fingerprint density at radius 1 is 1.09 bits per heavy atom. The van der Waals surface area contributed by atoms with Crippen molar-refractivity contribution >= 4 is 21.6 Å². The van der Waals surface area contributed by atoms with Gasteiger partial charge in [0.2, 0.25) is 17.6 Å².